The predicted molar refractivity (Wildman–Crippen MR) is 145 cm³/mol. The van der Waals surface area contributed by atoms with Crippen LogP contribution in [-0.4, -0.2) is 50.0 Å². The molecule has 36 heavy (non-hydrogen) atoms. The van der Waals surface area contributed by atoms with E-state index < -0.39 is 28.5 Å². The quantitative estimate of drug-likeness (QED) is 0.451. The summed E-state index contributed by atoms with van der Waals surface area (Å²) in [6, 6.07) is 11.5. The fraction of sp³-hybridized carbons (Fsp3) is 0.462. The minimum atomic E-state index is -3.89. The summed E-state index contributed by atoms with van der Waals surface area (Å²) in [6.07, 6.45) is 5.36. The van der Waals surface area contributed by atoms with Crippen LogP contribution < -0.4 is 9.62 Å². The van der Waals surface area contributed by atoms with Crippen molar-refractivity contribution < 1.29 is 18.0 Å². The molecule has 10 heteroatoms. The Labute approximate surface area is 223 Å². The van der Waals surface area contributed by atoms with Gasteiger partial charge in [0.15, 0.2) is 0 Å². The normalized spacial score (nSPS) is 14.9. The number of aryl methyl sites for hydroxylation is 1. The summed E-state index contributed by atoms with van der Waals surface area (Å²) >= 11 is 12.4. The van der Waals surface area contributed by atoms with E-state index in [1.165, 1.54) is 17.0 Å². The second kappa shape index (κ2) is 12.3. The van der Waals surface area contributed by atoms with Crippen LogP contribution in [0.5, 0.6) is 0 Å². The summed E-state index contributed by atoms with van der Waals surface area (Å²) in [5, 5.41) is 3.52. The number of rotatable bonds is 10. The smallest absolute Gasteiger partial charge is 0.244 e. The van der Waals surface area contributed by atoms with Crippen molar-refractivity contribution in [2.45, 2.75) is 64.6 Å². The van der Waals surface area contributed by atoms with E-state index in [1.807, 2.05) is 38.1 Å². The highest BCUT2D eigenvalue weighted by Crippen LogP contribution is 2.31. The number of carbonyl (C=O) groups is 2. The van der Waals surface area contributed by atoms with Gasteiger partial charge in [0, 0.05) is 17.6 Å². The molecule has 1 saturated carbocycles. The van der Waals surface area contributed by atoms with Crippen molar-refractivity contribution in [3.8, 4) is 0 Å². The lowest BCUT2D eigenvalue weighted by Crippen LogP contribution is -2.53. The second-order valence-corrected chi connectivity index (χ2v) is 12.0. The third-order valence-corrected chi connectivity index (χ3v) is 8.10. The number of carbonyl (C=O) groups excluding carboxylic acids is 2. The highest BCUT2D eigenvalue weighted by molar-refractivity contribution is 7.92. The van der Waals surface area contributed by atoms with Gasteiger partial charge in [-0.15, -0.1) is 0 Å². The molecule has 2 aromatic rings. The summed E-state index contributed by atoms with van der Waals surface area (Å²) in [4.78, 5) is 28.5. The molecule has 196 valence electrons. The van der Waals surface area contributed by atoms with Gasteiger partial charge in [0.1, 0.15) is 12.6 Å². The molecule has 2 aromatic carbocycles. The first kappa shape index (κ1) is 28.3. The standard InChI is InChI=1S/C26H33Cl2N3O4S/c1-4-23(26(33)29-21-7-5-6-8-21)30(16-19-11-9-18(2)10-12-19)25(32)17-31(36(3,34)35)24-15-20(27)13-14-22(24)28/h9-15,21,23H,4-8,16-17H2,1-3H3,(H,29,33)/t23-/m0/s1. The molecule has 0 aromatic heterocycles. The molecule has 0 spiro atoms. The van der Waals surface area contributed by atoms with E-state index in [0.29, 0.717) is 6.42 Å². The van der Waals surface area contributed by atoms with Crippen molar-refractivity contribution in [1.82, 2.24) is 10.2 Å². The van der Waals surface area contributed by atoms with E-state index in [-0.39, 0.29) is 34.2 Å². The summed E-state index contributed by atoms with van der Waals surface area (Å²) < 4.78 is 26.4. The van der Waals surface area contributed by atoms with Crippen molar-refractivity contribution in [2.24, 2.45) is 0 Å². The first-order valence-electron chi connectivity index (χ1n) is 12.1. The highest BCUT2D eigenvalue weighted by Gasteiger charge is 2.33. The van der Waals surface area contributed by atoms with Crippen LogP contribution in [0.3, 0.4) is 0 Å². The minimum Gasteiger partial charge on any atom is -0.352 e. The lowest BCUT2D eigenvalue weighted by atomic mass is 10.1. The number of hydrogen-bond acceptors (Lipinski definition) is 4. The van der Waals surface area contributed by atoms with Gasteiger partial charge in [0.25, 0.3) is 0 Å². The molecule has 7 nitrogen and oxygen atoms in total. The summed E-state index contributed by atoms with van der Waals surface area (Å²) in [5.74, 6) is -0.734. The van der Waals surface area contributed by atoms with E-state index in [0.717, 1.165) is 47.4 Å². The molecule has 0 radical (unpaired) electrons. The molecule has 0 bridgehead atoms. The number of hydrogen-bond donors (Lipinski definition) is 1. The van der Waals surface area contributed by atoms with E-state index in [2.05, 4.69) is 5.32 Å². The van der Waals surface area contributed by atoms with Gasteiger partial charge in [-0.25, -0.2) is 8.42 Å². The maximum Gasteiger partial charge on any atom is 0.244 e. The van der Waals surface area contributed by atoms with Crippen LogP contribution in [0.2, 0.25) is 10.0 Å². The van der Waals surface area contributed by atoms with Gasteiger partial charge in [-0.2, -0.15) is 0 Å². The summed E-state index contributed by atoms with van der Waals surface area (Å²) in [5.41, 5.74) is 2.02. The lowest BCUT2D eigenvalue weighted by molar-refractivity contribution is -0.140. The minimum absolute atomic E-state index is 0.0978. The molecule has 3 rings (SSSR count). The van der Waals surface area contributed by atoms with Crippen LogP contribution in [0.1, 0.15) is 50.2 Å². The Kier molecular flexibility index (Phi) is 9.66. The van der Waals surface area contributed by atoms with Gasteiger partial charge >= 0.3 is 0 Å². The van der Waals surface area contributed by atoms with Crippen molar-refractivity contribution in [1.29, 1.82) is 0 Å². The Balaban J connectivity index is 1.94. The predicted octanol–water partition coefficient (Wildman–Crippen LogP) is 4.93. The van der Waals surface area contributed by atoms with Crippen LogP contribution in [0.4, 0.5) is 5.69 Å². The SMILES string of the molecule is CC[C@@H](C(=O)NC1CCCC1)N(Cc1ccc(C)cc1)C(=O)CN(c1cc(Cl)ccc1Cl)S(C)(=O)=O. The maximum atomic E-state index is 13.7. The number of sulfonamides is 1. The number of amides is 2. The highest BCUT2D eigenvalue weighted by atomic mass is 35.5. The fourth-order valence-corrected chi connectivity index (χ4v) is 5.74. The van der Waals surface area contributed by atoms with Crippen LogP contribution in [0, 0.1) is 6.92 Å². The van der Waals surface area contributed by atoms with Crippen LogP contribution >= 0.6 is 23.2 Å². The zero-order chi connectivity index (χ0) is 26.5. The Hall–Kier alpha value is -2.29. The topological polar surface area (TPSA) is 86.8 Å². The first-order chi connectivity index (χ1) is 17.0. The van der Waals surface area contributed by atoms with Crippen molar-refractivity contribution in [3.63, 3.8) is 0 Å². The number of nitrogens with one attached hydrogen (secondary N) is 1. The van der Waals surface area contributed by atoms with Crippen molar-refractivity contribution in [3.05, 3.63) is 63.6 Å². The van der Waals surface area contributed by atoms with Gasteiger partial charge in [-0.3, -0.25) is 13.9 Å². The Morgan fingerprint density at radius 1 is 1.08 bits per heavy atom. The van der Waals surface area contributed by atoms with Crippen LogP contribution in [-0.2, 0) is 26.2 Å². The fourth-order valence-electron chi connectivity index (χ4n) is 4.45. The van der Waals surface area contributed by atoms with Gasteiger partial charge in [0.2, 0.25) is 21.8 Å². The zero-order valence-corrected chi connectivity index (χ0v) is 23.2. The third-order valence-electron chi connectivity index (χ3n) is 6.42. The monoisotopic (exact) mass is 553 g/mol. The van der Waals surface area contributed by atoms with E-state index in [4.69, 9.17) is 23.2 Å². The molecular weight excluding hydrogens is 521 g/mol. The largest absolute Gasteiger partial charge is 0.352 e. The lowest BCUT2D eigenvalue weighted by Gasteiger charge is -2.33. The Bertz CT molecular complexity index is 1180. The Morgan fingerprint density at radius 2 is 1.72 bits per heavy atom. The van der Waals surface area contributed by atoms with E-state index in [9.17, 15) is 18.0 Å². The molecule has 0 saturated heterocycles. The second-order valence-electron chi connectivity index (χ2n) is 9.29. The number of halogens is 2. The van der Waals surface area contributed by atoms with Crippen molar-refractivity contribution in [2.75, 3.05) is 17.1 Å². The third kappa shape index (κ3) is 7.37. The average Bonchev–Trinajstić information content (AvgIpc) is 3.32. The first-order valence-corrected chi connectivity index (χ1v) is 14.7. The van der Waals surface area contributed by atoms with Crippen LogP contribution in [0.25, 0.3) is 0 Å². The van der Waals surface area contributed by atoms with E-state index >= 15 is 0 Å². The molecule has 1 aliphatic rings. The van der Waals surface area contributed by atoms with Gasteiger partial charge in [0.05, 0.1) is 17.0 Å². The molecule has 0 unspecified atom stereocenters. The molecule has 1 fully saturated rings. The molecule has 0 aliphatic heterocycles. The molecule has 1 aliphatic carbocycles. The number of nitrogens with zero attached hydrogens (tertiary/aromatic N) is 2. The van der Waals surface area contributed by atoms with Gasteiger partial charge in [-0.05, 0) is 49.9 Å². The molecule has 1 atom stereocenters. The van der Waals surface area contributed by atoms with E-state index in [1.54, 1.807) is 6.07 Å². The summed E-state index contributed by atoms with van der Waals surface area (Å²) in [6.45, 7) is 3.46. The molecule has 1 N–H and O–H groups in total. The Morgan fingerprint density at radius 3 is 2.31 bits per heavy atom. The number of benzene rings is 2. The summed E-state index contributed by atoms with van der Waals surface area (Å²) in [7, 11) is -3.89. The average molecular weight is 555 g/mol. The molecule has 2 amide bonds. The molecule has 0 heterocycles. The zero-order valence-electron chi connectivity index (χ0n) is 20.8. The molecular formula is C26H33Cl2N3O4S. The van der Waals surface area contributed by atoms with Gasteiger partial charge < -0.3 is 10.2 Å². The maximum absolute atomic E-state index is 13.7. The van der Waals surface area contributed by atoms with Crippen LogP contribution in [0.15, 0.2) is 42.5 Å². The number of anilines is 1. The van der Waals surface area contributed by atoms with Gasteiger partial charge in [-0.1, -0.05) is 72.8 Å². The van der Waals surface area contributed by atoms with Crippen molar-refractivity contribution >= 4 is 50.7 Å².